The van der Waals surface area contributed by atoms with E-state index in [0.717, 1.165) is 37.0 Å². The van der Waals surface area contributed by atoms with E-state index in [1.165, 1.54) is 50.5 Å². The van der Waals surface area contributed by atoms with Gasteiger partial charge in [-0.15, -0.1) is 0 Å². The fourth-order valence-electron chi connectivity index (χ4n) is 8.41. The Balaban J connectivity index is 1.54. The number of ketones is 1. The number of carbonyl (C=O) groups is 1. The third-order valence-electron chi connectivity index (χ3n) is 10.1. The van der Waals surface area contributed by atoms with Gasteiger partial charge in [-0.1, -0.05) is 59.5 Å². The lowest BCUT2D eigenvalue weighted by Gasteiger charge is -2.57. The Bertz CT molecular complexity index is 663. The molecule has 0 aliphatic heterocycles. The molecule has 1 N–H and O–H groups in total. The zero-order chi connectivity index (χ0) is 21.0. The molecule has 0 heterocycles. The molecule has 0 aromatic heterocycles. The number of carbonyl (C=O) groups excluding carboxylic acids is 1. The Morgan fingerprint density at radius 3 is 2.52 bits per heavy atom. The van der Waals surface area contributed by atoms with Crippen molar-refractivity contribution in [3.8, 4) is 0 Å². The van der Waals surface area contributed by atoms with Crippen molar-refractivity contribution < 1.29 is 9.90 Å². The van der Waals surface area contributed by atoms with Gasteiger partial charge in [0.1, 0.15) is 0 Å². The van der Waals surface area contributed by atoms with Gasteiger partial charge in [0, 0.05) is 5.92 Å². The van der Waals surface area contributed by atoms with E-state index >= 15 is 0 Å². The second-order valence-electron chi connectivity index (χ2n) is 12.2. The van der Waals surface area contributed by atoms with Crippen molar-refractivity contribution in [1.82, 2.24) is 0 Å². The molecule has 4 rings (SSSR count). The first-order valence-corrected chi connectivity index (χ1v) is 12.6. The molecular formula is C27H44O2. The summed E-state index contributed by atoms with van der Waals surface area (Å²) >= 11 is 0. The average molecular weight is 401 g/mol. The van der Waals surface area contributed by atoms with Gasteiger partial charge < -0.3 is 5.11 Å². The van der Waals surface area contributed by atoms with Crippen LogP contribution in [0, 0.1) is 46.3 Å². The summed E-state index contributed by atoms with van der Waals surface area (Å²) in [6.45, 7) is 12.1. The molecule has 4 aliphatic carbocycles. The molecule has 0 aromatic rings. The van der Waals surface area contributed by atoms with Crippen LogP contribution in [0.1, 0.15) is 98.8 Å². The van der Waals surface area contributed by atoms with E-state index in [4.69, 9.17) is 0 Å². The third-order valence-corrected chi connectivity index (χ3v) is 10.1. The highest BCUT2D eigenvalue weighted by Gasteiger charge is 2.61. The van der Waals surface area contributed by atoms with Gasteiger partial charge >= 0.3 is 0 Å². The Labute approximate surface area is 178 Å². The van der Waals surface area contributed by atoms with Crippen LogP contribution in [0.25, 0.3) is 0 Å². The number of aliphatic hydroxyl groups is 1. The summed E-state index contributed by atoms with van der Waals surface area (Å²) in [4.78, 5) is 13.4. The molecule has 4 aliphatic rings. The lowest BCUT2D eigenvalue weighted by Crippen LogP contribution is -2.53. The van der Waals surface area contributed by atoms with Crippen molar-refractivity contribution in [1.29, 1.82) is 0 Å². The minimum atomic E-state index is -0.241. The van der Waals surface area contributed by atoms with Gasteiger partial charge in [-0.05, 0) is 91.4 Å². The summed E-state index contributed by atoms with van der Waals surface area (Å²) in [7, 11) is 0. The van der Waals surface area contributed by atoms with Gasteiger partial charge in [0.25, 0.3) is 0 Å². The van der Waals surface area contributed by atoms with E-state index in [-0.39, 0.29) is 17.4 Å². The number of hydrogen-bond acceptors (Lipinski definition) is 2. The quantitative estimate of drug-likeness (QED) is 0.567. The highest BCUT2D eigenvalue weighted by atomic mass is 16.3. The summed E-state index contributed by atoms with van der Waals surface area (Å²) in [6.07, 6.45) is 13.6. The van der Waals surface area contributed by atoms with Crippen molar-refractivity contribution >= 4 is 5.78 Å². The number of fused-ring (bicyclic) bond motifs is 5. The molecule has 0 radical (unpaired) electrons. The second-order valence-corrected chi connectivity index (χ2v) is 12.2. The van der Waals surface area contributed by atoms with Gasteiger partial charge in [-0.25, -0.2) is 0 Å². The van der Waals surface area contributed by atoms with Gasteiger partial charge in [0.05, 0.1) is 6.10 Å². The molecule has 3 saturated carbocycles. The van der Waals surface area contributed by atoms with Crippen molar-refractivity contribution in [2.24, 2.45) is 46.3 Å². The van der Waals surface area contributed by atoms with Gasteiger partial charge in [-0.2, -0.15) is 0 Å². The lowest BCUT2D eigenvalue weighted by atomic mass is 9.46. The van der Waals surface area contributed by atoms with E-state index in [2.05, 4.69) is 34.6 Å². The maximum atomic E-state index is 13.4. The maximum Gasteiger partial charge on any atom is 0.159 e. The van der Waals surface area contributed by atoms with Crippen LogP contribution < -0.4 is 0 Å². The second kappa shape index (κ2) is 7.81. The largest absolute Gasteiger partial charge is 0.393 e. The number of hydrogen-bond donors (Lipinski definition) is 1. The van der Waals surface area contributed by atoms with E-state index in [9.17, 15) is 9.90 Å². The smallest absolute Gasteiger partial charge is 0.159 e. The third kappa shape index (κ3) is 3.56. The number of allylic oxidation sites excluding steroid dienone is 1. The lowest BCUT2D eigenvalue weighted by molar-refractivity contribution is -0.135. The van der Waals surface area contributed by atoms with Crippen LogP contribution in [-0.4, -0.2) is 17.0 Å². The van der Waals surface area contributed by atoms with Gasteiger partial charge in [0.2, 0.25) is 0 Å². The van der Waals surface area contributed by atoms with Crippen molar-refractivity contribution in [3.63, 3.8) is 0 Å². The van der Waals surface area contributed by atoms with Crippen molar-refractivity contribution in [3.05, 3.63) is 11.6 Å². The molecule has 2 heteroatoms. The average Bonchev–Trinajstić information content (AvgIpc) is 3.00. The molecule has 3 fully saturated rings. The summed E-state index contributed by atoms with van der Waals surface area (Å²) in [5, 5.41) is 10.2. The molecule has 0 bridgehead atoms. The Morgan fingerprint density at radius 2 is 1.79 bits per heavy atom. The van der Waals surface area contributed by atoms with E-state index in [1.807, 2.05) is 6.08 Å². The fraction of sp³-hybridized carbons (Fsp3) is 0.889. The van der Waals surface area contributed by atoms with Crippen LogP contribution in [0.3, 0.4) is 0 Å². The molecule has 4 unspecified atom stereocenters. The topological polar surface area (TPSA) is 37.3 Å². The highest BCUT2D eigenvalue weighted by molar-refractivity contribution is 5.94. The predicted octanol–water partition coefficient (Wildman–Crippen LogP) is 6.57. The normalized spacial score (nSPS) is 45.4. The van der Waals surface area contributed by atoms with E-state index in [0.29, 0.717) is 23.0 Å². The standard InChI is InChI=1S/C27H44O2/c1-17(2)7-6-8-18(3)21-9-10-22-25-23(12-14-27(21,22)5)26(4)13-11-20(28)15-19(26)16-24(25)29/h16-18,20-23,25,28H,6-15H2,1-5H3/t18?,20-,21?,22?,23?,25-,26-,27+/m0/s1. The Morgan fingerprint density at radius 1 is 1.03 bits per heavy atom. The number of aliphatic hydroxyl groups excluding tert-OH is 1. The van der Waals surface area contributed by atoms with E-state index < -0.39 is 0 Å². The summed E-state index contributed by atoms with van der Waals surface area (Å²) in [6, 6.07) is 0. The first-order chi connectivity index (χ1) is 13.7. The van der Waals surface area contributed by atoms with Crippen molar-refractivity contribution in [2.45, 2.75) is 105 Å². The molecule has 0 amide bonds. The molecule has 8 atom stereocenters. The Kier molecular flexibility index (Phi) is 5.82. The summed E-state index contributed by atoms with van der Waals surface area (Å²) in [5.74, 6) is 4.11. The minimum absolute atomic E-state index is 0.153. The summed E-state index contributed by atoms with van der Waals surface area (Å²) < 4.78 is 0. The minimum Gasteiger partial charge on any atom is -0.393 e. The highest BCUT2D eigenvalue weighted by Crippen LogP contribution is 2.66. The SMILES string of the molecule is CC(C)CCCC(C)C1CCC2[C@@H]3C(=O)C=C4C[C@@H](O)CC[C@]4(C)C3CC[C@]12C. The summed E-state index contributed by atoms with van der Waals surface area (Å²) in [5.41, 5.74) is 1.77. The zero-order valence-corrected chi connectivity index (χ0v) is 19.5. The molecular weight excluding hydrogens is 356 g/mol. The van der Waals surface area contributed by atoms with Crippen LogP contribution >= 0.6 is 0 Å². The molecule has 0 spiro atoms. The monoisotopic (exact) mass is 400 g/mol. The van der Waals surface area contributed by atoms with Gasteiger partial charge in [-0.3, -0.25) is 4.79 Å². The molecule has 0 saturated heterocycles. The molecule has 2 nitrogen and oxygen atoms in total. The molecule has 0 aromatic carbocycles. The molecule has 164 valence electrons. The van der Waals surface area contributed by atoms with Crippen LogP contribution in [0.15, 0.2) is 11.6 Å². The number of rotatable bonds is 5. The van der Waals surface area contributed by atoms with Crippen molar-refractivity contribution in [2.75, 3.05) is 0 Å². The predicted molar refractivity (Wildman–Crippen MR) is 119 cm³/mol. The maximum absolute atomic E-state index is 13.4. The van der Waals surface area contributed by atoms with E-state index in [1.54, 1.807) is 0 Å². The van der Waals surface area contributed by atoms with Crippen LogP contribution in [-0.2, 0) is 4.79 Å². The van der Waals surface area contributed by atoms with Crippen LogP contribution in [0.2, 0.25) is 0 Å². The van der Waals surface area contributed by atoms with Crippen LogP contribution in [0.4, 0.5) is 0 Å². The first-order valence-electron chi connectivity index (χ1n) is 12.6. The first kappa shape index (κ1) is 21.6. The Hall–Kier alpha value is -0.630. The zero-order valence-electron chi connectivity index (χ0n) is 19.5. The van der Waals surface area contributed by atoms with Gasteiger partial charge in [0.15, 0.2) is 5.78 Å². The fourth-order valence-corrected chi connectivity index (χ4v) is 8.41. The molecule has 29 heavy (non-hydrogen) atoms. The van der Waals surface area contributed by atoms with Crippen LogP contribution in [0.5, 0.6) is 0 Å².